The molecule has 0 radical (unpaired) electrons. The molecule has 1 aromatic carbocycles. The smallest absolute Gasteiger partial charge is 0.220 e. The van der Waals surface area contributed by atoms with Gasteiger partial charge >= 0.3 is 0 Å². The van der Waals surface area contributed by atoms with E-state index in [-0.39, 0.29) is 24.2 Å². The second-order valence-corrected chi connectivity index (χ2v) is 5.64. The lowest BCUT2D eigenvalue weighted by molar-refractivity contribution is -0.121. The van der Waals surface area contributed by atoms with Crippen molar-refractivity contribution in [1.82, 2.24) is 5.32 Å². The van der Waals surface area contributed by atoms with Crippen LogP contribution in [0.3, 0.4) is 0 Å². The molecule has 0 saturated carbocycles. The molecule has 0 bridgehead atoms. The van der Waals surface area contributed by atoms with Gasteiger partial charge in [0.15, 0.2) is 5.78 Å². The quantitative estimate of drug-likeness (QED) is 0.810. The number of amides is 1. The summed E-state index contributed by atoms with van der Waals surface area (Å²) in [4.78, 5) is 23.8. The van der Waals surface area contributed by atoms with Gasteiger partial charge in [-0.1, -0.05) is 19.1 Å². The number of hydrogen-bond acceptors (Lipinski definition) is 2. The summed E-state index contributed by atoms with van der Waals surface area (Å²) >= 11 is 0. The zero-order chi connectivity index (χ0) is 14.5. The van der Waals surface area contributed by atoms with E-state index in [0.717, 1.165) is 24.8 Å². The molecule has 1 N–H and O–H groups in total. The third-order valence-electron chi connectivity index (χ3n) is 4.02. The van der Waals surface area contributed by atoms with Crippen molar-refractivity contribution >= 4 is 11.7 Å². The topological polar surface area (TPSA) is 46.2 Å². The molecular weight excluding hydrogens is 250 g/mol. The third kappa shape index (κ3) is 3.69. The Morgan fingerprint density at radius 1 is 1.20 bits per heavy atom. The Hall–Kier alpha value is -1.64. The fourth-order valence-corrected chi connectivity index (χ4v) is 2.57. The molecule has 108 valence electrons. The van der Waals surface area contributed by atoms with Crippen molar-refractivity contribution in [3.05, 3.63) is 34.9 Å². The molecule has 20 heavy (non-hydrogen) atoms. The van der Waals surface area contributed by atoms with Gasteiger partial charge in [0.25, 0.3) is 0 Å². The van der Waals surface area contributed by atoms with Crippen molar-refractivity contribution in [2.75, 3.05) is 0 Å². The van der Waals surface area contributed by atoms with Gasteiger partial charge in [0, 0.05) is 24.4 Å². The van der Waals surface area contributed by atoms with Gasteiger partial charge in [-0.3, -0.25) is 9.59 Å². The molecule has 0 heterocycles. The van der Waals surface area contributed by atoms with Crippen LogP contribution in [-0.2, 0) is 17.6 Å². The van der Waals surface area contributed by atoms with Gasteiger partial charge < -0.3 is 5.32 Å². The fraction of sp³-hybridized carbons (Fsp3) is 0.529. The molecule has 0 spiro atoms. The van der Waals surface area contributed by atoms with Crippen LogP contribution in [0.5, 0.6) is 0 Å². The van der Waals surface area contributed by atoms with Crippen LogP contribution in [0.1, 0.15) is 61.0 Å². The first-order valence-corrected chi connectivity index (χ1v) is 7.54. The number of rotatable bonds is 6. The molecule has 1 unspecified atom stereocenters. The minimum absolute atomic E-state index is 0.0335. The zero-order valence-electron chi connectivity index (χ0n) is 12.4. The number of carbonyl (C=O) groups is 2. The second kappa shape index (κ2) is 6.69. The van der Waals surface area contributed by atoms with Crippen LogP contribution in [0.4, 0.5) is 0 Å². The lowest BCUT2D eigenvalue weighted by Crippen LogP contribution is -2.32. The Bertz CT molecular complexity index is 508. The largest absolute Gasteiger partial charge is 0.354 e. The third-order valence-corrected chi connectivity index (χ3v) is 4.02. The molecule has 1 amide bonds. The maximum absolute atomic E-state index is 12.1. The number of hydrogen-bond donors (Lipinski definition) is 1. The number of aryl methyl sites for hydroxylation is 2. The summed E-state index contributed by atoms with van der Waals surface area (Å²) in [5.41, 5.74) is 3.43. The van der Waals surface area contributed by atoms with E-state index in [2.05, 4.69) is 11.4 Å². The normalized spacial score (nSPS) is 14.7. The van der Waals surface area contributed by atoms with Crippen LogP contribution >= 0.6 is 0 Å². The number of ketones is 1. The summed E-state index contributed by atoms with van der Waals surface area (Å²) in [6, 6.07) is 6.16. The van der Waals surface area contributed by atoms with E-state index in [1.807, 2.05) is 26.0 Å². The van der Waals surface area contributed by atoms with Crippen molar-refractivity contribution < 1.29 is 9.59 Å². The maximum atomic E-state index is 12.1. The molecule has 3 heteroatoms. The van der Waals surface area contributed by atoms with E-state index in [9.17, 15) is 9.59 Å². The minimum atomic E-state index is -0.0335. The van der Waals surface area contributed by atoms with E-state index in [4.69, 9.17) is 0 Å². The molecule has 0 fully saturated rings. The van der Waals surface area contributed by atoms with E-state index in [0.29, 0.717) is 6.42 Å². The van der Waals surface area contributed by atoms with Crippen LogP contribution in [0.2, 0.25) is 0 Å². The highest BCUT2D eigenvalue weighted by molar-refractivity contribution is 5.98. The number of nitrogens with one attached hydrogen (secondary N) is 1. The molecule has 3 nitrogen and oxygen atoms in total. The molecule has 0 aromatic heterocycles. The number of carbonyl (C=O) groups excluding carboxylic acids is 2. The standard InChI is InChI=1S/C17H23NO2/c1-3-12(2)18-17(20)10-9-16(19)15-8-7-13-5-4-6-14(13)11-15/h7-8,11-12H,3-6,9-10H2,1-2H3,(H,18,20). The molecule has 0 aliphatic heterocycles. The predicted octanol–water partition coefficient (Wildman–Crippen LogP) is 3.05. The molecule has 1 atom stereocenters. The van der Waals surface area contributed by atoms with Gasteiger partial charge in [-0.25, -0.2) is 0 Å². The van der Waals surface area contributed by atoms with Crippen LogP contribution in [0, 0.1) is 0 Å². The Morgan fingerprint density at radius 2 is 1.95 bits per heavy atom. The highest BCUT2D eigenvalue weighted by atomic mass is 16.2. The van der Waals surface area contributed by atoms with E-state index < -0.39 is 0 Å². The van der Waals surface area contributed by atoms with Crippen molar-refractivity contribution in [2.45, 2.75) is 58.4 Å². The van der Waals surface area contributed by atoms with Gasteiger partial charge in [-0.2, -0.15) is 0 Å². The van der Waals surface area contributed by atoms with Crippen molar-refractivity contribution in [1.29, 1.82) is 0 Å². The Kier molecular flexibility index (Phi) is 4.94. The first-order chi connectivity index (χ1) is 9.60. The number of fused-ring (bicyclic) bond motifs is 1. The van der Waals surface area contributed by atoms with Crippen molar-refractivity contribution in [2.24, 2.45) is 0 Å². The first kappa shape index (κ1) is 14.8. The lowest BCUT2D eigenvalue weighted by atomic mass is 10.0. The molecule has 1 aliphatic carbocycles. The maximum Gasteiger partial charge on any atom is 0.220 e. The summed E-state index contributed by atoms with van der Waals surface area (Å²) < 4.78 is 0. The first-order valence-electron chi connectivity index (χ1n) is 7.54. The van der Waals surface area contributed by atoms with E-state index in [1.165, 1.54) is 17.5 Å². The zero-order valence-corrected chi connectivity index (χ0v) is 12.4. The lowest BCUT2D eigenvalue weighted by Gasteiger charge is -2.11. The van der Waals surface area contributed by atoms with Crippen molar-refractivity contribution in [3.63, 3.8) is 0 Å². The SMILES string of the molecule is CCC(C)NC(=O)CCC(=O)c1ccc2c(c1)CCC2. The van der Waals surface area contributed by atoms with Crippen LogP contribution < -0.4 is 5.32 Å². The summed E-state index contributed by atoms with van der Waals surface area (Å²) in [7, 11) is 0. The van der Waals surface area contributed by atoms with Crippen molar-refractivity contribution in [3.8, 4) is 0 Å². The second-order valence-electron chi connectivity index (χ2n) is 5.64. The number of benzene rings is 1. The molecule has 1 aromatic rings. The summed E-state index contributed by atoms with van der Waals surface area (Å²) in [5, 5.41) is 2.89. The molecule has 0 saturated heterocycles. The average molecular weight is 273 g/mol. The minimum Gasteiger partial charge on any atom is -0.354 e. The Morgan fingerprint density at radius 3 is 2.70 bits per heavy atom. The average Bonchev–Trinajstić information content (AvgIpc) is 2.91. The highest BCUT2D eigenvalue weighted by Gasteiger charge is 2.15. The van der Waals surface area contributed by atoms with Gasteiger partial charge in [0.2, 0.25) is 5.91 Å². The molecule has 1 aliphatic rings. The fourth-order valence-electron chi connectivity index (χ4n) is 2.57. The summed E-state index contributed by atoms with van der Waals surface area (Å²) in [6.45, 7) is 4.00. The predicted molar refractivity (Wildman–Crippen MR) is 79.9 cm³/mol. The van der Waals surface area contributed by atoms with E-state index >= 15 is 0 Å². The number of Topliss-reactive ketones (excluding diaryl/α,β-unsaturated/α-hetero) is 1. The Balaban J connectivity index is 1.87. The van der Waals surface area contributed by atoms with E-state index in [1.54, 1.807) is 0 Å². The highest BCUT2D eigenvalue weighted by Crippen LogP contribution is 2.23. The molecule has 2 rings (SSSR count). The van der Waals surface area contributed by atoms with Gasteiger partial charge in [-0.15, -0.1) is 0 Å². The van der Waals surface area contributed by atoms with Gasteiger partial charge in [0.05, 0.1) is 0 Å². The summed E-state index contributed by atoms with van der Waals surface area (Å²) in [5.74, 6) is 0.0351. The monoisotopic (exact) mass is 273 g/mol. The van der Waals surface area contributed by atoms with Gasteiger partial charge in [0.1, 0.15) is 0 Å². The van der Waals surface area contributed by atoms with Crippen LogP contribution in [-0.4, -0.2) is 17.7 Å². The molecular formula is C17H23NO2. The van der Waals surface area contributed by atoms with Crippen LogP contribution in [0.25, 0.3) is 0 Å². The summed E-state index contributed by atoms with van der Waals surface area (Å²) in [6.07, 6.45) is 4.86. The van der Waals surface area contributed by atoms with Gasteiger partial charge in [-0.05, 0) is 49.8 Å². The Labute approximate surface area is 120 Å². The van der Waals surface area contributed by atoms with Crippen LogP contribution in [0.15, 0.2) is 18.2 Å².